The van der Waals surface area contributed by atoms with Gasteiger partial charge in [-0.2, -0.15) is 0 Å². The second-order valence-electron chi connectivity index (χ2n) is 13.3. The molecular weight excluding hydrogens is 623 g/mol. The summed E-state index contributed by atoms with van der Waals surface area (Å²) in [6.45, 7) is 0. The summed E-state index contributed by atoms with van der Waals surface area (Å²) in [5.74, 6) is 0. The topological polar surface area (TPSA) is 31.2 Å². The van der Waals surface area contributed by atoms with Crippen LogP contribution in [0.3, 0.4) is 0 Å². The van der Waals surface area contributed by atoms with Crippen LogP contribution >= 0.6 is 0 Å². The maximum atomic E-state index is 6.40. The number of para-hydroxylation sites is 2. The molecule has 0 fully saturated rings. The van der Waals surface area contributed by atoms with Gasteiger partial charge in [0, 0.05) is 38.0 Å². The quantitative estimate of drug-likeness (QED) is 0.190. The van der Waals surface area contributed by atoms with E-state index in [1.54, 1.807) is 0 Å². The first-order valence-electron chi connectivity index (χ1n) is 17.3. The lowest BCUT2D eigenvalue weighted by molar-refractivity contribution is 0.668. The normalized spacial score (nSPS) is 11.9. The molecule has 8 aromatic carbocycles. The first-order chi connectivity index (χ1) is 25.2. The molecule has 3 nitrogen and oxygen atoms in total. The van der Waals surface area contributed by atoms with Crippen molar-refractivity contribution in [1.29, 1.82) is 0 Å². The van der Waals surface area contributed by atoms with Gasteiger partial charge in [0.1, 0.15) is 22.3 Å². The Morgan fingerprint density at radius 1 is 0.275 bits per heavy atom. The minimum absolute atomic E-state index is 0.882. The summed E-state index contributed by atoms with van der Waals surface area (Å²) >= 11 is 0. The molecule has 11 rings (SSSR count). The van der Waals surface area contributed by atoms with Crippen LogP contribution in [0, 0.1) is 0 Å². The summed E-state index contributed by atoms with van der Waals surface area (Å²) in [5.41, 5.74) is 14.1. The zero-order chi connectivity index (χ0) is 33.5. The monoisotopic (exact) mass is 651 g/mol. The van der Waals surface area contributed by atoms with E-state index in [9.17, 15) is 0 Å². The molecule has 3 heteroatoms. The fourth-order valence-electron chi connectivity index (χ4n) is 7.93. The van der Waals surface area contributed by atoms with E-state index < -0.39 is 0 Å². The van der Waals surface area contributed by atoms with Crippen LogP contribution in [0.5, 0.6) is 0 Å². The van der Waals surface area contributed by atoms with Crippen LogP contribution in [0.4, 0.5) is 0 Å². The Morgan fingerprint density at radius 2 is 0.765 bits per heavy atom. The smallest absolute Gasteiger partial charge is 0.135 e. The molecule has 51 heavy (non-hydrogen) atoms. The van der Waals surface area contributed by atoms with Crippen LogP contribution in [0.1, 0.15) is 0 Å². The van der Waals surface area contributed by atoms with Crippen molar-refractivity contribution in [2.24, 2.45) is 0 Å². The zero-order valence-electron chi connectivity index (χ0n) is 27.5. The van der Waals surface area contributed by atoms with Crippen molar-refractivity contribution in [2.45, 2.75) is 0 Å². The summed E-state index contributed by atoms with van der Waals surface area (Å²) in [6.07, 6.45) is 0. The van der Waals surface area contributed by atoms with Gasteiger partial charge >= 0.3 is 0 Å². The van der Waals surface area contributed by atoms with E-state index in [0.29, 0.717) is 0 Å². The van der Waals surface area contributed by atoms with E-state index >= 15 is 0 Å². The Labute approximate surface area is 293 Å². The van der Waals surface area contributed by atoms with Gasteiger partial charge in [-0.1, -0.05) is 103 Å². The molecule has 11 aromatic rings. The number of furan rings is 2. The number of fused-ring (bicyclic) bond motifs is 9. The zero-order valence-corrected chi connectivity index (χ0v) is 27.5. The molecule has 3 heterocycles. The van der Waals surface area contributed by atoms with Crippen molar-refractivity contribution in [3.63, 3.8) is 0 Å². The Kier molecular flexibility index (Phi) is 5.96. The average Bonchev–Trinajstić information content (AvgIpc) is 3.86. The van der Waals surface area contributed by atoms with Gasteiger partial charge in [-0.25, -0.2) is 0 Å². The predicted molar refractivity (Wildman–Crippen MR) is 212 cm³/mol. The van der Waals surface area contributed by atoms with E-state index in [0.717, 1.165) is 66.3 Å². The number of aromatic nitrogens is 1. The van der Waals surface area contributed by atoms with Crippen LogP contribution in [0.2, 0.25) is 0 Å². The first kappa shape index (κ1) is 28.0. The number of nitrogens with zero attached hydrogens (tertiary/aromatic N) is 1. The summed E-state index contributed by atoms with van der Waals surface area (Å²) in [7, 11) is 0. The average molecular weight is 652 g/mol. The lowest BCUT2D eigenvalue weighted by Crippen LogP contribution is -1.93. The van der Waals surface area contributed by atoms with Crippen molar-refractivity contribution in [1.82, 2.24) is 4.57 Å². The van der Waals surface area contributed by atoms with E-state index in [2.05, 4.69) is 168 Å². The fraction of sp³-hybridized carbons (Fsp3) is 0. The van der Waals surface area contributed by atoms with Crippen molar-refractivity contribution < 1.29 is 8.83 Å². The molecule has 0 bridgehead atoms. The summed E-state index contributed by atoms with van der Waals surface area (Å²) in [6, 6.07) is 62.7. The van der Waals surface area contributed by atoms with E-state index in [-0.39, 0.29) is 0 Å². The minimum atomic E-state index is 0.882. The van der Waals surface area contributed by atoms with E-state index in [1.807, 2.05) is 12.1 Å². The number of rotatable bonds is 4. The molecule has 0 N–H and O–H groups in total. The van der Waals surface area contributed by atoms with E-state index in [4.69, 9.17) is 8.83 Å². The van der Waals surface area contributed by atoms with Gasteiger partial charge in [0.15, 0.2) is 0 Å². The Morgan fingerprint density at radius 3 is 1.53 bits per heavy atom. The number of hydrogen-bond acceptors (Lipinski definition) is 2. The standard InChI is InChI=1S/C48H29NO2/c1-2-9-30(10-3-1)33-17-21-44-39(26-33)37-13-4-6-15-43(37)49(44)36-20-24-48-42(29-36)41-28-35(19-23-47(41)51-48)32-12-8-11-31(25-32)34-18-22-46-40(27-34)38-14-5-7-16-45(38)50-46/h1-29H. The number of hydrogen-bond donors (Lipinski definition) is 0. The summed E-state index contributed by atoms with van der Waals surface area (Å²) in [4.78, 5) is 0. The van der Waals surface area contributed by atoms with Crippen LogP contribution in [-0.2, 0) is 0 Å². The Balaban J connectivity index is 1.03. The SMILES string of the molecule is c1ccc(-c2ccc3c(c2)c2ccccc2n3-c2ccc3oc4ccc(-c5cccc(-c6ccc7oc8ccccc8c7c6)c5)cc4c3c2)cc1. The van der Waals surface area contributed by atoms with Gasteiger partial charge in [0.2, 0.25) is 0 Å². The van der Waals surface area contributed by atoms with Crippen LogP contribution < -0.4 is 0 Å². The lowest BCUT2D eigenvalue weighted by atomic mass is 9.97. The maximum Gasteiger partial charge on any atom is 0.135 e. The Hall–Kier alpha value is -6.84. The third kappa shape index (κ3) is 4.38. The molecule has 0 unspecified atom stereocenters. The molecule has 0 radical (unpaired) electrons. The molecule has 0 saturated carbocycles. The molecule has 3 aromatic heterocycles. The highest BCUT2D eigenvalue weighted by Crippen LogP contribution is 2.39. The van der Waals surface area contributed by atoms with Crippen molar-refractivity contribution in [3.05, 3.63) is 176 Å². The molecule has 238 valence electrons. The maximum absolute atomic E-state index is 6.40. The van der Waals surface area contributed by atoms with Crippen LogP contribution in [0.25, 0.3) is 105 Å². The molecule has 0 aliphatic heterocycles. The van der Waals surface area contributed by atoms with Gasteiger partial charge in [0.25, 0.3) is 0 Å². The largest absolute Gasteiger partial charge is 0.456 e. The molecular formula is C48H29NO2. The highest BCUT2D eigenvalue weighted by Gasteiger charge is 2.16. The number of benzene rings is 8. The first-order valence-corrected chi connectivity index (χ1v) is 17.3. The summed E-state index contributed by atoms with van der Waals surface area (Å²) < 4.78 is 14.9. The van der Waals surface area contributed by atoms with Crippen molar-refractivity contribution in [3.8, 4) is 39.1 Å². The third-order valence-corrected chi connectivity index (χ3v) is 10.4. The molecule has 0 amide bonds. The van der Waals surface area contributed by atoms with Gasteiger partial charge in [0.05, 0.1) is 11.0 Å². The lowest BCUT2D eigenvalue weighted by Gasteiger charge is -2.09. The third-order valence-electron chi connectivity index (χ3n) is 10.4. The van der Waals surface area contributed by atoms with Gasteiger partial charge < -0.3 is 13.4 Å². The second kappa shape index (κ2) is 10.8. The molecule has 0 saturated heterocycles. The summed E-state index contributed by atoms with van der Waals surface area (Å²) in [5, 5.41) is 6.96. The molecule has 0 aliphatic rings. The van der Waals surface area contributed by atoms with Gasteiger partial charge in [-0.15, -0.1) is 0 Å². The highest BCUT2D eigenvalue weighted by molar-refractivity contribution is 6.12. The van der Waals surface area contributed by atoms with Crippen molar-refractivity contribution >= 4 is 65.7 Å². The van der Waals surface area contributed by atoms with E-state index in [1.165, 1.54) is 38.5 Å². The fourth-order valence-corrected chi connectivity index (χ4v) is 7.93. The van der Waals surface area contributed by atoms with Crippen LogP contribution in [-0.4, -0.2) is 4.57 Å². The Bertz CT molecular complexity index is 3140. The molecule has 0 atom stereocenters. The van der Waals surface area contributed by atoms with Gasteiger partial charge in [-0.05, 0) is 106 Å². The minimum Gasteiger partial charge on any atom is -0.456 e. The highest BCUT2D eigenvalue weighted by atomic mass is 16.3. The van der Waals surface area contributed by atoms with Crippen LogP contribution in [0.15, 0.2) is 185 Å². The predicted octanol–water partition coefficient (Wildman–Crippen LogP) is 13.6. The molecule has 0 aliphatic carbocycles. The van der Waals surface area contributed by atoms with Gasteiger partial charge in [-0.3, -0.25) is 0 Å². The van der Waals surface area contributed by atoms with Crippen molar-refractivity contribution in [2.75, 3.05) is 0 Å². The second-order valence-corrected chi connectivity index (χ2v) is 13.3. The molecule has 0 spiro atoms.